The smallest absolute Gasteiger partial charge is 0.277 e. The van der Waals surface area contributed by atoms with E-state index >= 15 is 0 Å². The zero-order valence-electron chi connectivity index (χ0n) is 15.0. The van der Waals surface area contributed by atoms with E-state index < -0.39 is 0 Å². The number of nitrogens with zero attached hydrogens (tertiary/aromatic N) is 7. The van der Waals surface area contributed by atoms with Crippen molar-refractivity contribution in [3.63, 3.8) is 0 Å². The second-order valence-electron chi connectivity index (χ2n) is 6.37. The summed E-state index contributed by atoms with van der Waals surface area (Å²) in [5.74, 6) is 0.323. The molecule has 0 radical (unpaired) electrons. The van der Waals surface area contributed by atoms with Crippen molar-refractivity contribution in [3.8, 4) is 5.69 Å². The average molecular weight is 364 g/mol. The van der Waals surface area contributed by atoms with Crippen molar-refractivity contribution in [3.05, 3.63) is 54.6 Å². The first-order valence-electron chi connectivity index (χ1n) is 8.74. The van der Waals surface area contributed by atoms with Crippen LogP contribution in [-0.2, 0) is 0 Å². The van der Waals surface area contributed by atoms with Crippen molar-refractivity contribution in [2.24, 2.45) is 0 Å². The lowest BCUT2D eigenvalue weighted by Gasteiger charge is -2.32. The summed E-state index contributed by atoms with van der Waals surface area (Å²) in [4.78, 5) is 26.9. The Balaban J connectivity index is 1.40. The van der Waals surface area contributed by atoms with Crippen LogP contribution in [0.5, 0.6) is 0 Å². The second-order valence-corrected chi connectivity index (χ2v) is 6.37. The van der Waals surface area contributed by atoms with E-state index in [1.54, 1.807) is 12.4 Å². The number of carbonyl (C=O) groups excluding carboxylic acids is 1. The normalized spacial score (nSPS) is 14.9. The fourth-order valence-electron chi connectivity index (χ4n) is 2.80. The van der Waals surface area contributed by atoms with Crippen molar-refractivity contribution < 1.29 is 4.79 Å². The van der Waals surface area contributed by atoms with Crippen LogP contribution < -0.4 is 10.2 Å². The molecule has 0 unspecified atom stereocenters. The monoisotopic (exact) mass is 364 g/mol. The number of nitrogens with one attached hydrogen (secondary N) is 1. The summed E-state index contributed by atoms with van der Waals surface area (Å²) in [7, 11) is 2.10. The maximum absolute atomic E-state index is 12.4. The number of piperazine rings is 1. The topological polar surface area (TPSA) is 92.1 Å². The molecule has 1 aliphatic heterocycles. The number of hydrogen-bond acceptors (Lipinski definition) is 7. The SMILES string of the molecule is CN1CCN(c2ncc(NC(=O)c3cnn(-c4ccccc4)n3)cn2)CC1. The molecule has 0 bridgehead atoms. The van der Waals surface area contributed by atoms with E-state index in [1.165, 1.54) is 11.0 Å². The van der Waals surface area contributed by atoms with Gasteiger partial charge in [0, 0.05) is 26.2 Å². The summed E-state index contributed by atoms with van der Waals surface area (Å²) in [5.41, 5.74) is 1.53. The molecule has 0 atom stereocenters. The minimum Gasteiger partial charge on any atom is -0.338 e. The molecule has 4 rings (SSSR count). The number of likely N-dealkylation sites (N-methyl/N-ethyl adjacent to an activating group) is 1. The first kappa shape index (κ1) is 17.1. The van der Waals surface area contributed by atoms with Crippen molar-refractivity contribution in [1.29, 1.82) is 0 Å². The molecule has 138 valence electrons. The van der Waals surface area contributed by atoms with Gasteiger partial charge in [-0.1, -0.05) is 18.2 Å². The molecule has 3 aromatic rings. The Labute approximate surface area is 156 Å². The molecule has 0 saturated carbocycles. The zero-order valence-corrected chi connectivity index (χ0v) is 15.0. The van der Waals surface area contributed by atoms with Gasteiger partial charge in [-0.2, -0.15) is 9.90 Å². The van der Waals surface area contributed by atoms with Crippen LogP contribution in [0.25, 0.3) is 5.69 Å². The maximum atomic E-state index is 12.4. The summed E-state index contributed by atoms with van der Waals surface area (Å²) in [6.07, 6.45) is 4.65. The molecule has 1 N–H and O–H groups in total. The average Bonchev–Trinajstić information content (AvgIpc) is 3.20. The Morgan fingerprint density at radius 3 is 2.41 bits per heavy atom. The fourth-order valence-corrected chi connectivity index (χ4v) is 2.80. The second kappa shape index (κ2) is 7.50. The molecule has 1 fully saturated rings. The zero-order chi connectivity index (χ0) is 18.6. The standard InChI is InChI=1S/C18H20N8O/c1-24-7-9-25(10-8-24)18-19-11-14(12-20-18)22-17(27)16-13-21-26(23-16)15-5-3-2-4-6-15/h2-6,11-13H,7-10H2,1H3,(H,22,27). The molecule has 9 heteroatoms. The predicted octanol–water partition coefficient (Wildman–Crippen LogP) is 1.06. The number of carbonyl (C=O) groups is 1. The number of anilines is 2. The summed E-state index contributed by atoms with van der Waals surface area (Å²) < 4.78 is 0. The van der Waals surface area contributed by atoms with Crippen LogP contribution in [0.2, 0.25) is 0 Å². The lowest BCUT2D eigenvalue weighted by molar-refractivity contribution is 0.102. The first-order chi connectivity index (χ1) is 13.2. The number of aromatic nitrogens is 5. The van der Waals surface area contributed by atoms with Gasteiger partial charge in [0.2, 0.25) is 5.95 Å². The van der Waals surface area contributed by atoms with E-state index in [4.69, 9.17) is 0 Å². The minimum atomic E-state index is -0.354. The van der Waals surface area contributed by atoms with E-state index in [0.717, 1.165) is 31.9 Å². The number of amides is 1. The van der Waals surface area contributed by atoms with Gasteiger partial charge in [-0.05, 0) is 19.2 Å². The number of para-hydroxylation sites is 1. The van der Waals surface area contributed by atoms with Gasteiger partial charge in [-0.15, -0.1) is 5.10 Å². The number of hydrogen-bond donors (Lipinski definition) is 1. The van der Waals surface area contributed by atoms with Crippen molar-refractivity contribution in [1.82, 2.24) is 29.9 Å². The molecule has 9 nitrogen and oxygen atoms in total. The van der Waals surface area contributed by atoms with Gasteiger partial charge in [-0.25, -0.2) is 9.97 Å². The third-order valence-corrected chi connectivity index (χ3v) is 4.39. The van der Waals surface area contributed by atoms with Gasteiger partial charge in [-0.3, -0.25) is 4.79 Å². The van der Waals surface area contributed by atoms with Crippen LogP contribution in [0.1, 0.15) is 10.5 Å². The van der Waals surface area contributed by atoms with Gasteiger partial charge >= 0.3 is 0 Å². The summed E-state index contributed by atoms with van der Waals surface area (Å²) in [6, 6.07) is 9.42. The van der Waals surface area contributed by atoms with Crippen LogP contribution in [0, 0.1) is 0 Å². The third kappa shape index (κ3) is 3.93. The van der Waals surface area contributed by atoms with Gasteiger partial charge in [0.15, 0.2) is 5.69 Å². The Morgan fingerprint density at radius 2 is 1.70 bits per heavy atom. The Bertz CT molecular complexity index is 901. The highest BCUT2D eigenvalue weighted by atomic mass is 16.2. The van der Waals surface area contributed by atoms with Gasteiger partial charge in [0.25, 0.3) is 5.91 Å². The molecular weight excluding hydrogens is 344 g/mol. The van der Waals surface area contributed by atoms with Gasteiger partial charge < -0.3 is 15.1 Å². The van der Waals surface area contributed by atoms with Crippen LogP contribution in [0.3, 0.4) is 0 Å². The predicted molar refractivity (Wildman–Crippen MR) is 101 cm³/mol. The van der Waals surface area contributed by atoms with E-state index in [9.17, 15) is 4.79 Å². The highest BCUT2D eigenvalue weighted by Gasteiger charge is 2.17. The van der Waals surface area contributed by atoms with Crippen molar-refractivity contribution in [2.75, 3.05) is 43.4 Å². The van der Waals surface area contributed by atoms with Crippen molar-refractivity contribution in [2.45, 2.75) is 0 Å². The first-order valence-corrected chi connectivity index (χ1v) is 8.74. The molecule has 1 saturated heterocycles. The van der Waals surface area contributed by atoms with E-state index in [-0.39, 0.29) is 11.6 Å². The summed E-state index contributed by atoms with van der Waals surface area (Å²) in [5, 5.41) is 11.1. The molecule has 27 heavy (non-hydrogen) atoms. The molecule has 3 heterocycles. The summed E-state index contributed by atoms with van der Waals surface area (Å²) >= 11 is 0. The van der Waals surface area contributed by atoms with E-state index in [1.807, 2.05) is 30.3 Å². The fraction of sp³-hybridized carbons (Fsp3) is 0.278. The minimum absolute atomic E-state index is 0.224. The molecule has 1 aliphatic rings. The Morgan fingerprint density at radius 1 is 1.00 bits per heavy atom. The van der Waals surface area contributed by atoms with Gasteiger partial charge in [0.05, 0.1) is 30.0 Å². The van der Waals surface area contributed by atoms with Crippen LogP contribution in [0.4, 0.5) is 11.6 Å². The molecule has 1 aromatic carbocycles. The highest BCUT2D eigenvalue weighted by Crippen LogP contribution is 2.13. The van der Waals surface area contributed by atoms with Crippen LogP contribution >= 0.6 is 0 Å². The molecular formula is C18H20N8O. The van der Waals surface area contributed by atoms with Crippen LogP contribution in [0.15, 0.2) is 48.9 Å². The Hall–Kier alpha value is -3.33. The molecule has 0 aliphatic carbocycles. The lowest BCUT2D eigenvalue weighted by atomic mass is 10.3. The molecule has 1 amide bonds. The molecule has 0 spiro atoms. The van der Waals surface area contributed by atoms with Crippen LogP contribution in [-0.4, -0.2) is 69.0 Å². The van der Waals surface area contributed by atoms with E-state index in [0.29, 0.717) is 11.6 Å². The summed E-state index contributed by atoms with van der Waals surface area (Å²) in [6.45, 7) is 3.76. The van der Waals surface area contributed by atoms with E-state index in [2.05, 4.69) is 42.3 Å². The quantitative estimate of drug-likeness (QED) is 0.740. The largest absolute Gasteiger partial charge is 0.338 e. The van der Waals surface area contributed by atoms with Crippen molar-refractivity contribution >= 4 is 17.5 Å². The maximum Gasteiger partial charge on any atom is 0.277 e. The lowest BCUT2D eigenvalue weighted by Crippen LogP contribution is -2.45. The third-order valence-electron chi connectivity index (χ3n) is 4.39. The highest BCUT2D eigenvalue weighted by molar-refractivity contribution is 6.02. The Kier molecular flexibility index (Phi) is 4.75. The number of benzene rings is 1. The molecule has 2 aromatic heterocycles. The number of rotatable bonds is 4. The van der Waals surface area contributed by atoms with Gasteiger partial charge in [0.1, 0.15) is 0 Å².